The third kappa shape index (κ3) is 2.29. The summed E-state index contributed by atoms with van der Waals surface area (Å²) in [6.45, 7) is 3.70. The molecule has 90 valence electrons. The predicted molar refractivity (Wildman–Crippen MR) is 65.0 cm³/mol. The van der Waals surface area contributed by atoms with Crippen molar-refractivity contribution in [3.8, 4) is 0 Å². The van der Waals surface area contributed by atoms with Crippen molar-refractivity contribution < 1.29 is 4.79 Å². The van der Waals surface area contributed by atoms with Crippen LogP contribution >= 0.6 is 0 Å². The largest absolute Gasteiger partial charge is 0.337 e. The van der Waals surface area contributed by atoms with Crippen molar-refractivity contribution in [3.05, 3.63) is 11.6 Å². The maximum atomic E-state index is 12.4. The van der Waals surface area contributed by atoms with Crippen LogP contribution in [0.1, 0.15) is 45.4 Å². The Labute approximate surface area is 97.7 Å². The van der Waals surface area contributed by atoms with Crippen LogP contribution in [0.2, 0.25) is 0 Å². The first kappa shape index (κ1) is 11.6. The van der Waals surface area contributed by atoms with Crippen molar-refractivity contribution in [3.63, 3.8) is 0 Å². The van der Waals surface area contributed by atoms with Gasteiger partial charge in [0.2, 0.25) is 5.91 Å². The van der Waals surface area contributed by atoms with Crippen LogP contribution in [0.25, 0.3) is 0 Å². The molecule has 0 aromatic rings. The Morgan fingerprint density at radius 1 is 1.38 bits per heavy atom. The Bertz CT molecular complexity index is 303. The average molecular weight is 222 g/mol. The summed E-state index contributed by atoms with van der Waals surface area (Å²) in [5.41, 5.74) is 7.00. The van der Waals surface area contributed by atoms with Gasteiger partial charge in [-0.2, -0.15) is 0 Å². The van der Waals surface area contributed by atoms with Crippen LogP contribution in [0.4, 0.5) is 0 Å². The fourth-order valence-corrected chi connectivity index (χ4v) is 2.80. The minimum absolute atomic E-state index is 0.180. The van der Waals surface area contributed by atoms with E-state index in [0.29, 0.717) is 0 Å². The van der Waals surface area contributed by atoms with Gasteiger partial charge >= 0.3 is 0 Å². The standard InChI is InChI=1S/C13H22N2O/c1-11-6-5-9-15(10-11)12(16)13(14)7-3-2-4-8-13/h6H,2-5,7-10,14H2,1H3. The Kier molecular flexibility index (Phi) is 3.33. The molecule has 1 saturated carbocycles. The van der Waals surface area contributed by atoms with E-state index >= 15 is 0 Å². The van der Waals surface area contributed by atoms with Gasteiger partial charge in [0.05, 0.1) is 5.54 Å². The SMILES string of the molecule is CC1=CCCN(C(=O)C2(N)CCCCC2)C1. The molecule has 3 nitrogen and oxygen atoms in total. The summed E-state index contributed by atoms with van der Waals surface area (Å²) in [5.74, 6) is 0.180. The maximum Gasteiger partial charge on any atom is 0.242 e. The van der Waals surface area contributed by atoms with Crippen LogP contribution in [0.5, 0.6) is 0 Å². The molecule has 2 aliphatic rings. The van der Waals surface area contributed by atoms with E-state index in [9.17, 15) is 4.79 Å². The summed E-state index contributed by atoms with van der Waals surface area (Å²) in [4.78, 5) is 14.3. The fraction of sp³-hybridized carbons (Fsp3) is 0.769. The highest BCUT2D eigenvalue weighted by Gasteiger charge is 2.38. The molecule has 3 heteroatoms. The smallest absolute Gasteiger partial charge is 0.242 e. The van der Waals surface area contributed by atoms with Gasteiger partial charge in [-0.25, -0.2) is 0 Å². The van der Waals surface area contributed by atoms with Gasteiger partial charge in [-0.15, -0.1) is 0 Å². The molecule has 0 saturated heterocycles. The molecular weight excluding hydrogens is 200 g/mol. The molecule has 2 N–H and O–H groups in total. The highest BCUT2D eigenvalue weighted by Crippen LogP contribution is 2.28. The van der Waals surface area contributed by atoms with Crippen LogP contribution in [0.15, 0.2) is 11.6 Å². The molecule has 0 unspecified atom stereocenters. The Morgan fingerprint density at radius 3 is 2.69 bits per heavy atom. The normalized spacial score (nSPS) is 25.1. The molecule has 0 aromatic carbocycles. The number of carbonyl (C=O) groups is 1. The van der Waals surface area contributed by atoms with Crippen molar-refractivity contribution >= 4 is 5.91 Å². The van der Waals surface area contributed by atoms with Gasteiger partial charge in [-0.1, -0.05) is 30.9 Å². The minimum Gasteiger partial charge on any atom is -0.337 e. The minimum atomic E-state index is -0.560. The second kappa shape index (κ2) is 4.58. The number of carbonyl (C=O) groups excluding carboxylic acids is 1. The van der Waals surface area contributed by atoms with E-state index < -0.39 is 5.54 Å². The summed E-state index contributed by atoms with van der Waals surface area (Å²) in [6, 6.07) is 0. The van der Waals surface area contributed by atoms with E-state index in [1.54, 1.807) is 0 Å². The fourth-order valence-electron chi connectivity index (χ4n) is 2.80. The van der Waals surface area contributed by atoms with E-state index in [1.807, 2.05) is 4.90 Å². The Balaban J connectivity index is 2.03. The zero-order valence-electron chi connectivity index (χ0n) is 10.2. The summed E-state index contributed by atoms with van der Waals surface area (Å²) >= 11 is 0. The second-order valence-electron chi connectivity index (χ2n) is 5.28. The maximum absolute atomic E-state index is 12.4. The van der Waals surface area contributed by atoms with Crippen molar-refractivity contribution in [1.82, 2.24) is 4.90 Å². The number of nitrogens with zero attached hydrogens (tertiary/aromatic N) is 1. The van der Waals surface area contributed by atoms with E-state index in [4.69, 9.17) is 5.73 Å². The zero-order valence-corrected chi connectivity index (χ0v) is 10.2. The Morgan fingerprint density at radius 2 is 2.06 bits per heavy atom. The first-order valence-electron chi connectivity index (χ1n) is 6.36. The van der Waals surface area contributed by atoms with Gasteiger partial charge in [0.1, 0.15) is 0 Å². The predicted octanol–water partition coefficient (Wildman–Crippen LogP) is 1.83. The molecule has 1 fully saturated rings. The van der Waals surface area contributed by atoms with Gasteiger partial charge in [-0.05, 0) is 26.2 Å². The summed E-state index contributed by atoms with van der Waals surface area (Å²) in [7, 11) is 0. The number of amides is 1. The lowest BCUT2D eigenvalue weighted by molar-refractivity contribution is -0.138. The Hall–Kier alpha value is -0.830. The third-order valence-corrected chi connectivity index (χ3v) is 3.79. The highest BCUT2D eigenvalue weighted by atomic mass is 16.2. The molecule has 1 heterocycles. The van der Waals surface area contributed by atoms with Gasteiger partial charge in [0.25, 0.3) is 0 Å². The second-order valence-corrected chi connectivity index (χ2v) is 5.28. The number of nitrogens with two attached hydrogens (primary N) is 1. The van der Waals surface area contributed by atoms with Crippen LogP contribution in [-0.4, -0.2) is 29.4 Å². The molecule has 16 heavy (non-hydrogen) atoms. The van der Waals surface area contributed by atoms with Crippen LogP contribution < -0.4 is 5.73 Å². The quantitative estimate of drug-likeness (QED) is 0.688. The highest BCUT2D eigenvalue weighted by molar-refractivity contribution is 5.86. The lowest BCUT2D eigenvalue weighted by atomic mass is 9.81. The van der Waals surface area contributed by atoms with Crippen LogP contribution in [-0.2, 0) is 4.79 Å². The summed E-state index contributed by atoms with van der Waals surface area (Å²) < 4.78 is 0. The number of hydrogen-bond acceptors (Lipinski definition) is 2. The van der Waals surface area contributed by atoms with E-state index in [0.717, 1.165) is 45.2 Å². The first-order valence-corrected chi connectivity index (χ1v) is 6.36. The van der Waals surface area contributed by atoms with Gasteiger partial charge < -0.3 is 10.6 Å². The molecule has 0 atom stereocenters. The first-order chi connectivity index (χ1) is 7.62. The lowest BCUT2D eigenvalue weighted by Crippen LogP contribution is -2.57. The average Bonchev–Trinajstić information content (AvgIpc) is 2.29. The lowest BCUT2D eigenvalue weighted by Gasteiger charge is -2.38. The van der Waals surface area contributed by atoms with Crippen molar-refractivity contribution in [2.45, 2.75) is 51.0 Å². The number of hydrogen-bond donors (Lipinski definition) is 1. The third-order valence-electron chi connectivity index (χ3n) is 3.79. The van der Waals surface area contributed by atoms with Crippen LogP contribution in [0.3, 0.4) is 0 Å². The topological polar surface area (TPSA) is 46.3 Å². The van der Waals surface area contributed by atoms with Crippen molar-refractivity contribution in [2.75, 3.05) is 13.1 Å². The molecule has 1 aliphatic heterocycles. The summed E-state index contributed by atoms with van der Waals surface area (Å²) in [5, 5.41) is 0. The molecular formula is C13H22N2O. The van der Waals surface area contributed by atoms with E-state index in [-0.39, 0.29) is 5.91 Å². The van der Waals surface area contributed by atoms with Gasteiger partial charge in [-0.3, -0.25) is 4.79 Å². The molecule has 1 amide bonds. The molecule has 0 bridgehead atoms. The van der Waals surface area contributed by atoms with Gasteiger partial charge in [0.15, 0.2) is 0 Å². The van der Waals surface area contributed by atoms with E-state index in [2.05, 4.69) is 13.0 Å². The van der Waals surface area contributed by atoms with Crippen molar-refractivity contribution in [2.24, 2.45) is 5.73 Å². The van der Waals surface area contributed by atoms with E-state index in [1.165, 1.54) is 12.0 Å². The summed E-state index contributed by atoms with van der Waals surface area (Å²) in [6.07, 6.45) is 8.36. The molecule has 1 aliphatic carbocycles. The van der Waals surface area contributed by atoms with Crippen molar-refractivity contribution in [1.29, 1.82) is 0 Å². The molecule has 0 radical (unpaired) electrons. The number of rotatable bonds is 1. The zero-order chi connectivity index (χ0) is 11.6. The van der Waals surface area contributed by atoms with Crippen LogP contribution in [0, 0.1) is 0 Å². The molecule has 0 spiro atoms. The molecule has 2 rings (SSSR count). The molecule has 0 aromatic heterocycles. The monoisotopic (exact) mass is 222 g/mol. The van der Waals surface area contributed by atoms with Gasteiger partial charge in [0, 0.05) is 13.1 Å².